The molecule has 1 unspecified atom stereocenters. The number of H-pyrrole nitrogens is 1. The van der Waals surface area contributed by atoms with Gasteiger partial charge in [0.05, 0.1) is 16.8 Å². The number of ether oxygens (including phenoxy) is 1. The molecule has 3 rings (SSSR count). The highest BCUT2D eigenvalue weighted by molar-refractivity contribution is 7.09. The van der Waals surface area contributed by atoms with Crippen LogP contribution >= 0.6 is 11.3 Å². The molecule has 0 amide bonds. The van der Waals surface area contributed by atoms with Gasteiger partial charge in [-0.1, -0.05) is 0 Å². The molecule has 100 valence electrons. The van der Waals surface area contributed by atoms with E-state index in [2.05, 4.69) is 9.97 Å². The molecule has 0 bridgehead atoms. The number of aromatic carboxylic acids is 1. The van der Waals surface area contributed by atoms with Gasteiger partial charge < -0.3 is 14.8 Å². The van der Waals surface area contributed by atoms with E-state index in [-0.39, 0.29) is 5.69 Å². The Labute approximate surface area is 114 Å². The van der Waals surface area contributed by atoms with E-state index in [0.29, 0.717) is 6.10 Å². The molecule has 2 N–H and O–H groups in total. The number of aromatic amines is 1. The van der Waals surface area contributed by atoms with Gasteiger partial charge in [-0.2, -0.15) is 0 Å². The molecule has 2 aromatic heterocycles. The highest BCUT2D eigenvalue weighted by Crippen LogP contribution is 2.25. The van der Waals surface area contributed by atoms with E-state index >= 15 is 0 Å². The number of aromatic nitrogens is 2. The SMILES string of the molecule is O=C(O)c1cc(-c2csc(CC3CCCO3)n2)c[nH]1. The summed E-state index contributed by atoms with van der Waals surface area (Å²) in [6, 6.07) is 1.60. The Bertz CT molecular complexity index is 584. The summed E-state index contributed by atoms with van der Waals surface area (Å²) < 4.78 is 5.59. The largest absolute Gasteiger partial charge is 0.477 e. The zero-order chi connectivity index (χ0) is 13.2. The molecule has 0 aliphatic carbocycles. The van der Waals surface area contributed by atoms with Crippen LogP contribution in [0, 0.1) is 0 Å². The summed E-state index contributed by atoms with van der Waals surface area (Å²) in [6.07, 6.45) is 5.04. The summed E-state index contributed by atoms with van der Waals surface area (Å²) in [5.74, 6) is -0.957. The minimum absolute atomic E-state index is 0.184. The van der Waals surface area contributed by atoms with Crippen LogP contribution in [0.1, 0.15) is 28.3 Å². The van der Waals surface area contributed by atoms with E-state index in [0.717, 1.165) is 42.1 Å². The lowest BCUT2D eigenvalue weighted by Crippen LogP contribution is -2.08. The molecular formula is C13H14N2O3S. The minimum atomic E-state index is -0.957. The molecule has 1 aliphatic rings. The van der Waals surface area contributed by atoms with Crippen LogP contribution in [0.2, 0.25) is 0 Å². The first-order valence-corrected chi connectivity index (χ1v) is 7.08. The van der Waals surface area contributed by atoms with E-state index in [1.165, 1.54) is 0 Å². The van der Waals surface area contributed by atoms with Crippen LogP contribution in [-0.2, 0) is 11.2 Å². The number of hydrogen-bond donors (Lipinski definition) is 2. The Kier molecular flexibility index (Phi) is 3.35. The van der Waals surface area contributed by atoms with Crippen molar-refractivity contribution >= 4 is 17.3 Å². The number of carboxylic acids is 1. The Morgan fingerprint density at radius 1 is 1.63 bits per heavy atom. The molecule has 2 aromatic rings. The van der Waals surface area contributed by atoms with Crippen molar-refractivity contribution in [3.8, 4) is 11.3 Å². The van der Waals surface area contributed by atoms with E-state index in [1.54, 1.807) is 23.6 Å². The molecular weight excluding hydrogens is 264 g/mol. The van der Waals surface area contributed by atoms with Crippen molar-refractivity contribution in [3.63, 3.8) is 0 Å². The molecule has 0 spiro atoms. The van der Waals surface area contributed by atoms with Crippen molar-refractivity contribution in [3.05, 3.63) is 28.3 Å². The van der Waals surface area contributed by atoms with E-state index in [9.17, 15) is 4.79 Å². The van der Waals surface area contributed by atoms with Crippen molar-refractivity contribution in [2.24, 2.45) is 0 Å². The first-order valence-electron chi connectivity index (χ1n) is 6.20. The van der Waals surface area contributed by atoms with Gasteiger partial charge in [0.2, 0.25) is 0 Å². The fourth-order valence-corrected chi connectivity index (χ4v) is 3.07. The van der Waals surface area contributed by atoms with Crippen molar-refractivity contribution < 1.29 is 14.6 Å². The molecule has 0 aromatic carbocycles. The standard InChI is InChI=1S/C13H14N2O3S/c16-13(17)10-4-8(6-14-10)11-7-19-12(15-11)5-9-2-1-3-18-9/h4,6-7,9,14H,1-3,5H2,(H,16,17). The number of nitrogens with zero attached hydrogens (tertiary/aromatic N) is 1. The molecule has 3 heterocycles. The summed E-state index contributed by atoms with van der Waals surface area (Å²) in [5, 5.41) is 11.9. The molecule has 1 atom stereocenters. The highest BCUT2D eigenvalue weighted by Gasteiger charge is 2.18. The Morgan fingerprint density at radius 3 is 3.21 bits per heavy atom. The lowest BCUT2D eigenvalue weighted by atomic mass is 10.2. The van der Waals surface area contributed by atoms with Gasteiger partial charge in [-0.15, -0.1) is 11.3 Å². The molecule has 1 aliphatic heterocycles. The molecule has 6 heteroatoms. The van der Waals surface area contributed by atoms with Crippen molar-refractivity contribution in [1.82, 2.24) is 9.97 Å². The third-order valence-electron chi connectivity index (χ3n) is 3.19. The molecule has 1 fully saturated rings. The van der Waals surface area contributed by atoms with Gasteiger partial charge in [-0.3, -0.25) is 0 Å². The van der Waals surface area contributed by atoms with Crippen LogP contribution in [0.25, 0.3) is 11.3 Å². The second kappa shape index (κ2) is 5.14. The Balaban J connectivity index is 1.74. The normalized spacial score (nSPS) is 18.8. The summed E-state index contributed by atoms with van der Waals surface area (Å²) in [4.78, 5) is 18.1. The predicted molar refractivity (Wildman–Crippen MR) is 71.5 cm³/mol. The molecule has 0 radical (unpaired) electrons. The third kappa shape index (κ3) is 2.69. The van der Waals surface area contributed by atoms with Gasteiger partial charge in [-0.05, 0) is 18.9 Å². The highest BCUT2D eigenvalue weighted by atomic mass is 32.1. The Hall–Kier alpha value is -1.66. The molecule has 5 nitrogen and oxygen atoms in total. The average molecular weight is 278 g/mol. The fourth-order valence-electron chi connectivity index (χ4n) is 2.20. The quantitative estimate of drug-likeness (QED) is 0.901. The number of nitrogens with one attached hydrogen (secondary N) is 1. The summed E-state index contributed by atoms with van der Waals surface area (Å²) >= 11 is 1.60. The number of carbonyl (C=O) groups is 1. The van der Waals surface area contributed by atoms with Crippen molar-refractivity contribution in [1.29, 1.82) is 0 Å². The Morgan fingerprint density at radius 2 is 2.53 bits per heavy atom. The lowest BCUT2D eigenvalue weighted by molar-refractivity contribution is 0.0691. The number of carboxylic acid groups (broad SMARTS) is 1. The first kappa shape index (κ1) is 12.4. The van der Waals surface area contributed by atoms with Gasteiger partial charge in [0, 0.05) is 30.2 Å². The van der Waals surface area contributed by atoms with E-state index < -0.39 is 5.97 Å². The minimum Gasteiger partial charge on any atom is -0.477 e. The van der Waals surface area contributed by atoms with Gasteiger partial charge >= 0.3 is 5.97 Å². The lowest BCUT2D eigenvalue weighted by Gasteiger charge is -2.05. The fraction of sp³-hybridized carbons (Fsp3) is 0.385. The number of thiazole rings is 1. The van der Waals surface area contributed by atoms with Crippen LogP contribution in [0.4, 0.5) is 0 Å². The maximum atomic E-state index is 10.8. The topological polar surface area (TPSA) is 75.2 Å². The van der Waals surface area contributed by atoms with Crippen LogP contribution < -0.4 is 0 Å². The van der Waals surface area contributed by atoms with Crippen LogP contribution in [0.15, 0.2) is 17.6 Å². The van der Waals surface area contributed by atoms with Crippen molar-refractivity contribution in [2.75, 3.05) is 6.61 Å². The van der Waals surface area contributed by atoms with Crippen molar-refractivity contribution in [2.45, 2.75) is 25.4 Å². The zero-order valence-electron chi connectivity index (χ0n) is 10.3. The number of rotatable bonds is 4. The molecule has 1 saturated heterocycles. The van der Waals surface area contributed by atoms with Crippen LogP contribution in [-0.4, -0.2) is 33.8 Å². The molecule has 0 saturated carbocycles. The number of hydrogen-bond acceptors (Lipinski definition) is 4. The first-order chi connectivity index (χ1) is 9.22. The maximum Gasteiger partial charge on any atom is 0.352 e. The zero-order valence-corrected chi connectivity index (χ0v) is 11.1. The van der Waals surface area contributed by atoms with E-state index in [1.807, 2.05) is 5.38 Å². The van der Waals surface area contributed by atoms with Gasteiger partial charge in [0.1, 0.15) is 5.69 Å². The second-order valence-corrected chi connectivity index (χ2v) is 5.52. The van der Waals surface area contributed by atoms with E-state index in [4.69, 9.17) is 9.84 Å². The van der Waals surface area contributed by atoms with Gasteiger partial charge in [0.25, 0.3) is 0 Å². The summed E-state index contributed by atoms with van der Waals surface area (Å²) in [6.45, 7) is 0.850. The predicted octanol–water partition coefficient (Wildman–Crippen LogP) is 2.56. The van der Waals surface area contributed by atoms with Gasteiger partial charge in [-0.25, -0.2) is 9.78 Å². The molecule has 19 heavy (non-hydrogen) atoms. The van der Waals surface area contributed by atoms with Gasteiger partial charge in [0.15, 0.2) is 0 Å². The second-order valence-electron chi connectivity index (χ2n) is 4.57. The smallest absolute Gasteiger partial charge is 0.352 e. The van der Waals surface area contributed by atoms with Crippen LogP contribution in [0.3, 0.4) is 0 Å². The monoisotopic (exact) mass is 278 g/mol. The summed E-state index contributed by atoms with van der Waals surface area (Å²) in [7, 11) is 0. The van der Waals surface area contributed by atoms with Crippen LogP contribution in [0.5, 0.6) is 0 Å². The summed E-state index contributed by atoms with van der Waals surface area (Å²) in [5.41, 5.74) is 1.82. The maximum absolute atomic E-state index is 10.8. The average Bonchev–Trinajstić information content (AvgIpc) is 3.09. The third-order valence-corrected chi connectivity index (χ3v) is 4.06.